The molecule has 1 aromatic carbocycles. The highest BCUT2D eigenvalue weighted by Crippen LogP contribution is 2.08. The monoisotopic (exact) mass is 230 g/mol. The zero-order valence-electron chi connectivity index (χ0n) is 8.04. The lowest BCUT2D eigenvalue weighted by atomic mass is 10.3. The third-order valence-corrected chi connectivity index (χ3v) is 2.62. The van der Waals surface area contributed by atoms with E-state index in [2.05, 4.69) is 4.18 Å². The Kier molecular flexibility index (Phi) is 3.81. The smallest absolute Gasteiger partial charge is 0.329 e. The largest absolute Gasteiger partial charge is 0.426 e. The van der Waals surface area contributed by atoms with Gasteiger partial charge in [0.05, 0.1) is 7.11 Å². The van der Waals surface area contributed by atoms with Crippen molar-refractivity contribution in [3.63, 3.8) is 0 Å². The molecule has 0 aliphatic rings. The van der Waals surface area contributed by atoms with Crippen molar-refractivity contribution in [2.24, 2.45) is 0 Å². The number of benzene rings is 1. The molecule has 0 atom stereocenters. The Hall–Kier alpha value is -1.40. The van der Waals surface area contributed by atoms with Gasteiger partial charge in [-0.2, -0.15) is 8.42 Å². The molecule has 15 heavy (non-hydrogen) atoms. The van der Waals surface area contributed by atoms with E-state index < -0.39 is 21.8 Å². The van der Waals surface area contributed by atoms with Crippen molar-refractivity contribution >= 4 is 16.1 Å². The summed E-state index contributed by atoms with van der Waals surface area (Å²) in [4.78, 5) is 11.1. The second kappa shape index (κ2) is 4.90. The van der Waals surface area contributed by atoms with E-state index in [0.717, 1.165) is 7.11 Å². The van der Waals surface area contributed by atoms with Crippen LogP contribution in [-0.2, 0) is 19.1 Å². The molecule has 0 heterocycles. The Morgan fingerprint density at radius 3 is 2.40 bits per heavy atom. The van der Waals surface area contributed by atoms with Crippen molar-refractivity contribution in [3.05, 3.63) is 30.3 Å². The fraction of sp³-hybridized carbons (Fsp3) is 0.222. The number of carbonyl (C=O) groups excluding carboxylic acids is 1. The van der Waals surface area contributed by atoms with Crippen LogP contribution in [0.4, 0.5) is 0 Å². The second-order valence-corrected chi connectivity index (χ2v) is 4.39. The number of hydrogen-bond acceptors (Lipinski definition) is 5. The molecule has 0 unspecified atom stereocenters. The van der Waals surface area contributed by atoms with Crippen molar-refractivity contribution in [2.45, 2.75) is 0 Å². The molecule has 82 valence electrons. The first kappa shape index (κ1) is 11.7. The topological polar surface area (TPSA) is 69.7 Å². The number of hydrogen-bond donors (Lipinski definition) is 0. The predicted molar refractivity (Wildman–Crippen MR) is 52.9 cm³/mol. The van der Waals surface area contributed by atoms with Gasteiger partial charge in [-0.25, -0.2) is 0 Å². The van der Waals surface area contributed by atoms with Gasteiger partial charge < -0.3 is 4.74 Å². The minimum Gasteiger partial charge on any atom is -0.426 e. The van der Waals surface area contributed by atoms with E-state index in [0.29, 0.717) is 5.75 Å². The third kappa shape index (κ3) is 4.09. The van der Waals surface area contributed by atoms with Gasteiger partial charge in [-0.05, 0) is 12.1 Å². The van der Waals surface area contributed by atoms with Gasteiger partial charge in [0.1, 0.15) is 5.75 Å². The number of carbonyl (C=O) groups is 1. The highest BCUT2D eigenvalue weighted by Gasteiger charge is 2.17. The molecule has 0 N–H and O–H groups in total. The van der Waals surface area contributed by atoms with Gasteiger partial charge in [0.2, 0.25) is 0 Å². The second-order valence-electron chi connectivity index (χ2n) is 2.66. The van der Waals surface area contributed by atoms with E-state index in [9.17, 15) is 13.2 Å². The first-order chi connectivity index (χ1) is 7.03. The molecule has 0 spiro atoms. The van der Waals surface area contributed by atoms with E-state index in [1.165, 1.54) is 0 Å². The molecule has 0 saturated carbocycles. The van der Waals surface area contributed by atoms with Crippen molar-refractivity contribution in [3.8, 4) is 5.75 Å². The molecule has 0 saturated heterocycles. The minimum atomic E-state index is -3.81. The molecular weight excluding hydrogens is 220 g/mol. The molecule has 0 amide bonds. The summed E-state index contributed by atoms with van der Waals surface area (Å²) in [5.74, 6) is -1.37. The van der Waals surface area contributed by atoms with Gasteiger partial charge in [-0.1, -0.05) is 18.2 Å². The van der Waals surface area contributed by atoms with Crippen molar-refractivity contribution in [1.82, 2.24) is 0 Å². The molecule has 1 aromatic rings. The van der Waals surface area contributed by atoms with Crippen LogP contribution in [0.1, 0.15) is 0 Å². The summed E-state index contributed by atoms with van der Waals surface area (Å²) in [6.07, 6.45) is 0. The molecule has 0 aliphatic heterocycles. The normalized spacial score (nSPS) is 11.0. The van der Waals surface area contributed by atoms with Crippen molar-refractivity contribution in [1.29, 1.82) is 0 Å². The summed E-state index contributed by atoms with van der Waals surface area (Å²) >= 11 is 0. The maximum atomic E-state index is 11.1. The van der Waals surface area contributed by atoms with Crippen LogP contribution in [0.25, 0.3) is 0 Å². The van der Waals surface area contributed by atoms with Gasteiger partial charge in [0.25, 0.3) is 10.1 Å². The first-order valence-corrected chi connectivity index (χ1v) is 5.65. The summed E-state index contributed by atoms with van der Waals surface area (Å²) in [6.45, 7) is 0. The Bertz CT molecular complexity index is 423. The lowest BCUT2D eigenvalue weighted by Gasteiger charge is -2.03. The first-order valence-electron chi connectivity index (χ1n) is 4.07. The summed E-state index contributed by atoms with van der Waals surface area (Å²) < 4.78 is 30.6. The third-order valence-electron chi connectivity index (χ3n) is 1.52. The molecular formula is C9H10O5S. The SMILES string of the molecule is COS(=O)(=O)CC(=O)Oc1ccccc1. The number of rotatable bonds is 4. The van der Waals surface area contributed by atoms with E-state index in [4.69, 9.17) is 4.74 Å². The number of ether oxygens (including phenoxy) is 1. The minimum absolute atomic E-state index is 0.300. The van der Waals surface area contributed by atoms with Crippen LogP contribution in [0, 0.1) is 0 Å². The van der Waals surface area contributed by atoms with Crippen molar-refractivity contribution < 1.29 is 22.1 Å². The van der Waals surface area contributed by atoms with Crippen LogP contribution >= 0.6 is 0 Å². The van der Waals surface area contributed by atoms with Crippen LogP contribution in [0.3, 0.4) is 0 Å². The lowest BCUT2D eigenvalue weighted by Crippen LogP contribution is -2.21. The van der Waals surface area contributed by atoms with E-state index in [1.807, 2.05) is 0 Å². The van der Waals surface area contributed by atoms with Gasteiger partial charge in [0.15, 0.2) is 5.75 Å². The molecule has 6 heteroatoms. The molecule has 0 bridgehead atoms. The van der Waals surface area contributed by atoms with Crippen LogP contribution in [0.5, 0.6) is 5.75 Å². The van der Waals surface area contributed by atoms with Gasteiger partial charge >= 0.3 is 5.97 Å². The predicted octanol–water partition coefficient (Wildman–Crippen LogP) is 0.568. The van der Waals surface area contributed by atoms with Crippen LogP contribution in [-0.4, -0.2) is 27.2 Å². The molecule has 0 aromatic heterocycles. The Balaban J connectivity index is 2.58. The van der Waals surface area contributed by atoms with E-state index >= 15 is 0 Å². The lowest BCUT2D eigenvalue weighted by molar-refractivity contribution is -0.131. The zero-order chi connectivity index (χ0) is 11.3. The fourth-order valence-corrected chi connectivity index (χ4v) is 1.32. The maximum absolute atomic E-state index is 11.1. The summed E-state index contributed by atoms with van der Waals surface area (Å²) in [5, 5.41) is 0. The van der Waals surface area contributed by atoms with Gasteiger partial charge in [0, 0.05) is 0 Å². The highest BCUT2D eigenvalue weighted by molar-refractivity contribution is 7.87. The molecule has 1 rings (SSSR count). The zero-order valence-corrected chi connectivity index (χ0v) is 8.86. The summed E-state index contributed by atoms with van der Waals surface area (Å²) in [7, 11) is -2.82. The quantitative estimate of drug-likeness (QED) is 0.429. The van der Waals surface area contributed by atoms with E-state index in [-0.39, 0.29) is 0 Å². The number of para-hydroxylation sites is 1. The molecule has 0 radical (unpaired) electrons. The summed E-state index contributed by atoms with van der Waals surface area (Å²) in [6, 6.07) is 8.21. The van der Waals surface area contributed by atoms with Crippen molar-refractivity contribution in [2.75, 3.05) is 12.9 Å². The summed E-state index contributed by atoms with van der Waals surface area (Å²) in [5.41, 5.74) is 0. The standard InChI is InChI=1S/C9H10O5S/c1-13-15(11,12)7-9(10)14-8-5-3-2-4-6-8/h2-6H,7H2,1H3. The molecule has 0 fully saturated rings. The fourth-order valence-electron chi connectivity index (χ4n) is 0.853. The average Bonchev–Trinajstić information content (AvgIpc) is 2.18. The van der Waals surface area contributed by atoms with Crippen LogP contribution in [0.15, 0.2) is 30.3 Å². The van der Waals surface area contributed by atoms with E-state index in [1.54, 1.807) is 30.3 Å². The average molecular weight is 230 g/mol. The Morgan fingerprint density at radius 2 is 1.87 bits per heavy atom. The molecule has 5 nitrogen and oxygen atoms in total. The number of esters is 1. The molecule has 0 aliphatic carbocycles. The van der Waals surface area contributed by atoms with Crippen LogP contribution in [0.2, 0.25) is 0 Å². The Morgan fingerprint density at radius 1 is 1.27 bits per heavy atom. The maximum Gasteiger partial charge on any atom is 0.329 e. The Labute approximate surface area is 87.7 Å². The van der Waals surface area contributed by atoms with Gasteiger partial charge in [-0.3, -0.25) is 8.98 Å². The van der Waals surface area contributed by atoms with Crippen LogP contribution < -0.4 is 4.74 Å². The highest BCUT2D eigenvalue weighted by atomic mass is 32.2. The van der Waals surface area contributed by atoms with Gasteiger partial charge in [-0.15, -0.1) is 0 Å².